The van der Waals surface area contributed by atoms with E-state index in [-0.39, 0.29) is 11.6 Å². The molecule has 1 atom stereocenters. The number of likely N-dealkylation sites (tertiary alicyclic amines) is 1. The normalized spacial score (nSPS) is 18.0. The molecule has 0 saturated carbocycles. The van der Waals surface area contributed by atoms with Gasteiger partial charge in [0.05, 0.1) is 5.02 Å². The average Bonchev–Trinajstić information content (AvgIpc) is 3.18. The van der Waals surface area contributed by atoms with Gasteiger partial charge in [0.2, 0.25) is 5.95 Å². The number of aromatic nitrogens is 4. The number of hydrogen-bond acceptors (Lipinski definition) is 3. The summed E-state index contributed by atoms with van der Waals surface area (Å²) < 4.78 is 17.8. The second-order valence-electron chi connectivity index (χ2n) is 6.31. The Kier molecular flexibility index (Phi) is 3.95. The van der Waals surface area contributed by atoms with Crippen LogP contribution in [-0.2, 0) is 7.05 Å². The van der Waals surface area contributed by atoms with Crippen LogP contribution in [-0.4, -0.2) is 42.8 Å². The third kappa shape index (κ3) is 2.78. The number of carbonyl (C=O) groups excluding carboxylic acids is 1. The second kappa shape index (κ2) is 6.15. The summed E-state index contributed by atoms with van der Waals surface area (Å²) in [5.74, 6) is 0.0184. The zero-order chi connectivity index (χ0) is 17.6. The van der Waals surface area contributed by atoms with Gasteiger partial charge in [0.1, 0.15) is 11.5 Å². The fourth-order valence-electron chi connectivity index (χ4n) is 3.42. The molecule has 25 heavy (non-hydrogen) atoms. The smallest absolute Gasteiger partial charge is 0.277 e. The molecule has 0 N–H and O–H groups in total. The van der Waals surface area contributed by atoms with E-state index in [4.69, 9.17) is 11.6 Å². The van der Waals surface area contributed by atoms with Crippen LogP contribution in [0.3, 0.4) is 0 Å². The highest BCUT2D eigenvalue weighted by molar-refractivity contribution is 6.30. The van der Waals surface area contributed by atoms with E-state index in [0.29, 0.717) is 23.8 Å². The van der Waals surface area contributed by atoms with E-state index < -0.39 is 11.9 Å². The highest BCUT2D eigenvalue weighted by Gasteiger charge is 2.30. The largest absolute Gasteiger partial charge is 0.338 e. The molecule has 130 valence electrons. The summed E-state index contributed by atoms with van der Waals surface area (Å²) >= 11 is 5.90. The SMILES string of the molecule is Cn1ccnc1C1CCCN(C(=O)c2nc3ccc(Cl)cn3c2F)C1. The molecule has 3 aromatic rings. The quantitative estimate of drug-likeness (QED) is 0.705. The molecule has 4 rings (SSSR count). The first-order valence-corrected chi connectivity index (χ1v) is 8.52. The molecule has 4 heterocycles. The Morgan fingerprint density at radius 1 is 1.40 bits per heavy atom. The van der Waals surface area contributed by atoms with Crippen molar-refractivity contribution in [1.29, 1.82) is 0 Å². The molecule has 0 aliphatic carbocycles. The lowest BCUT2D eigenvalue weighted by Crippen LogP contribution is -2.40. The second-order valence-corrected chi connectivity index (χ2v) is 6.75. The van der Waals surface area contributed by atoms with E-state index in [1.807, 2.05) is 17.8 Å². The molecule has 0 spiro atoms. The highest BCUT2D eigenvalue weighted by atomic mass is 35.5. The van der Waals surface area contributed by atoms with Gasteiger partial charge in [-0.2, -0.15) is 4.39 Å². The van der Waals surface area contributed by atoms with Gasteiger partial charge in [-0.15, -0.1) is 0 Å². The lowest BCUT2D eigenvalue weighted by atomic mass is 9.97. The fraction of sp³-hybridized carbons (Fsp3) is 0.353. The minimum absolute atomic E-state index is 0.146. The van der Waals surface area contributed by atoms with Crippen LogP contribution in [0.15, 0.2) is 30.7 Å². The van der Waals surface area contributed by atoms with E-state index >= 15 is 0 Å². The topological polar surface area (TPSA) is 55.4 Å². The molecule has 0 aromatic carbocycles. The predicted octanol–water partition coefficient (Wildman–Crippen LogP) is 2.88. The van der Waals surface area contributed by atoms with Gasteiger partial charge in [-0.3, -0.25) is 9.20 Å². The number of halogens is 2. The third-order valence-corrected chi connectivity index (χ3v) is 4.88. The Bertz CT molecular complexity index is 950. The van der Waals surface area contributed by atoms with Crippen LogP contribution in [0.2, 0.25) is 5.02 Å². The first-order chi connectivity index (χ1) is 12.0. The van der Waals surface area contributed by atoms with Gasteiger partial charge in [0.25, 0.3) is 5.91 Å². The Hall–Kier alpha value is -2.41. The number of hydrogen-bond donors (Lipinski definition) is 0. The van der Waals surface area contributed by atoms with Gasteiger partial charge in [-0.25, -0.2) is 9.97 Å². The number of nitrogens with zero attached hydrogens (tertiary/aromatic N) is 5. The lowest BCUT2D eigenvalue weighted by molar-refractivity contribution is 0.0693. The van der Waals surface area contributed by atoms with Crippen molar-refractivity contribution in [2.24, 2.45) is 7.05 Å². The standard InChI is InChI=1S/C17H17ClFN5O/c1-22-8-6-20-16(22)11-3-2-7-23(9-11)17(25)14-15(19)24-10-12(18)4-5-13(24)21-14/h4-6,8,10-11H,2-3,7,9H2,1H3. The van der Waals surface area contributed by atoms with Crippen LogP contribution in [0.25, 0.3) is 5.65 Å². The monoisotopic (exact) mass is 361 g/mol. The molecular formula is C17H17ClFN5O. The van der Waals surface area contributed by atoms with Crippen molar-refractivity contribution in [3.05, 3.63) is 53.2 Å². The maximum atomic E-state index is 14.6. The lowest BCUT2D eigenvalue weighted by Gasteiger charge is -2.32. The first kappa shape index (κ1) is 16.1. The summed E-state index contributed by atoms with van der Waals surface area (Å²) in [4.78, 5) is 23.0. The number of rotatable bonds is 2. The highest BCUT2D eigenvalue weighted by Crippen LogP contribution is 2.27. The van der Waals surface area contributed by atoms with Crippen molar-refractivity contribution in [2.75, 3.05) is 13.1 Å². The number of piperidine rings is 1. The number of aryl methyl sites for hydroxylation is 1. The maximum absolute atomic E-state index is 14.6. The first-order valence-electron chi connectivity index (χ1n) is 8.14. The third-order valence-electron chi connectivity index (χ3n) is 4.66. The van der Waals surface area contributed by atoms with Crippen molar-refractivity contribution in [1.82, 2.24) is 23.8 Å². The zero-order valence-corrected chi connectivity index (χ0v) is 14.4. The molecule has 0 bridgehead atoms. The summed E-state index contributed by atoms with van der Waals surface area (Å²) in [6.45, 7) is 1.10. The van der Waals surface area contributed by atoms with Gasteiger partial charge < -0.3 is 9.47 Å². The molecule has 6 nitrogen and oxygen atoms in total. The van der Waals surface area contributed by atoms with E-state index in [9.17, 15) is 9.18 Å². The molecular weight excluding hydrogens is 345 g/mol. The predicted molar refractivity (Wildman–Crippen MR) is 91.2 cm³/mol. The van der Waals surface area contributed by atoms with Crippen molar-refractivity contribution >= 4 is 23.2 Å². The van der Waals surface area contributed by atoms with Gasteiger partial charge >= 0.3 is 0 Å². The number of amides is 1. The Labute approximate surface area is 148 Å². The molecule has 1 amide bonds. The van der Waals surface area contributed by atoms with Gasteiger partial charge in [0.15, 0.2) is 5.69 Å². The van der Waals surface area contributed by atoms with Gasteiger partial charge in [-0.1, -0.05) is 11.6 Å². The number of pyridine rings is 1. The molecule has 8 heteroatoms. The van der Waals surface area contributed by atoms with E-state index in [0.717, 1.165) is 18.7 Å². The van der Waals surface area contributed by atoms with Crippen molar-refractivity contribution in [3.63, 3.8) is 0 Å². The minimum Gasteiger partial charge on any atom is -0.338 e. The van der Waals surface area contributed by atoms with E-state index in [2.05, 4.69) is 9.97 Å². The van der Waals surface area contributed by atoms with Crippen LogP contribution in [0.5, 0.6) is 0 Å². The summed E-state index contributed by atoms with van der Waals surface area (Å²) in [6.07, 6.45) is 6.87. The molecule has 1 fully saturated rings. The van der Waals surface area contributed by atoms with Crippen molar-refractivity contribution < 1.29 is 9.18 Å². The molecule has 1 aliphatic heterocycles. The maximum Gasteiger partial charge on any atom is 0.277 e. The molecule has 1 aliphatic rings. The summed E-state index contributed by atoms with van der Waals surface area (Å²) in [6, 6.07) is 3.21. The van der Waals surface area contributed by atoms with Crippen LogP contribution in [0.4, 0.5) is 4.39 Å². The average molecular weight is 362 g/mol. The summed E-state index contributed by atoms with van der Waals surface area (Å²) in [5, 5.41) is 0.385. The van der Waals surface area contributed by atoms with Crippen molar-refractivity contribution in [2.45, 2.75) is 18.8 Å². The van der Waals surface area contributed by atoms with Crippen LogP contribution >= 0.6 is 11.6 Å². The summed E-state index contributed by atoms with van der Waals surface area (Å²) in [5.41, 5.74) is 0.200. The Balaban J connectivity index is 1.62. The summed E-state index contributed by atoms with van der Waals surface area (Å²) in [7, 11) is 1.94. The van der Waals surface area contributed by atoms with E-state index in [1.165, 1.54) is 10.6 Å². The molecule has 1 unspecified atom stereocenters. The van der Waals surface area contributed by atoms with E-state index in [1.54, 1.807) is 23.2 Å². The van der Waals surface area contributed by atoms with Crippen LogP contribution in [0, 0.1) is 5.95 Å². The molecule has 1 saturated heterocycles. The number of imidazole rings is 2. The molecule has 0 radical (unpaired) electrons. The molecule has 3 aromatic heterocycles. The number of fused-ring (bicyclic) bond motifs is 1. The number of carbonyl (C=O) groups is 1. The zero-order valence-electron chi connectivity index (χ0n) is 13.7. The Morgan fingerprint density at radius 3 is 3.00 bits per heavy atom. The van der Waals surface area contributed by atoms with Crippen LogP contribution in [0.1, 0.15) is 35.1 Å². The minimum atomic E-state index is -0.679. The van der Waals surface area contributed by atoms with Crippen molar-refractivity contribution in [3.8, 4) is 0 Å². The van der Waals surface area contributed by atoms with Gasteiger partial charge in [-0.05, 0) is 25.0 Å². The van der Waals surface area contributed by atoms with Gasteiger partial charge in [0, 0.05) is 44.6 Å². The Morgan fingerprint density at radius 2 is 2.24 bits per heavy atom. The van der Waals surface area contributed by atoms with Crippen LogP contribution < -0.4 is 0 Å². The fourth-order valence-corrected chi connectivity index (χ4v) is 3.58.